The van der Waals surface area contributed by atoms with Gasteiger partial charge in [-0.05, 0) is 73.7 Å². The van der Waals surface area contributed by atoms with Crippen LogP contribution in [0.25, 0.3) is 0 Å². The van der Waals surface area contributed by atoms with Gasteiger partial charge in [0.05, 0.1) is 5.56 Å². The van der Waals surface area contributed by atoms with E-state index in [1.807, 2.05) is 12.1 Å². The zero-order valence-corrected chi connectivity index (χ0v) is 13.3. The minimum absolute atomic E-state index is 0.155. The van der Waals surface area contributed by atoms with Gasteiger partial charge in [-0.3, -0.25) is 0 Å². The number of hydrogen-bond acceptors (Lipinski definition) is 3. The molecule has 3 rings (SSSR count). The van der Waals surface area contributed by atoms with Gasteiger partial charge in [-0.25, -0.2) is 4.79 Å². The number of nitrogens with two attached hydrogens (primary N) is 1. The highest BCUT2D eigenvalue weighted by atomic mass is 16.4. The minimum Gasteiger partial charge on any atom is -0.478 e. The summed E-state index contributed by atoms with van der Waals surface area (Å²) < 4.78 is 0. The number of rotatable bonds is 5. The third kappa shape index (κ3) is 2.66. The Labute approximate surface area is 132 Å². The number of fused-ring (bicyclic) bond motifs is 3. The van der Waals surface area contributed by atoms with Crippen LogP contribution in [0.2, 0.25) is 0 Å². The van der Waals surface area contributed by atoms with Crippen LogP contribution in [-0.4, -0.2) is 29.7 Å². The molecular formula is C18H26N2O2. The van der Waals surface area contributed by atoms with E-state index in [4.69, 9.17) is 5.73 Å². The molecule has 1 saturated carbocycles. The first-order valence-electron chi connectivity index (χ1n) is 8.39. The summed E-state index contributed by atoms with van der Waals surface area (Å²) in [7, 11) is 0. The molecule has 3 unspecified atom stereocenters. The van der Waals surface area contributed by atoms with Crippen LogP contribution in [0, 0.1) is 11.8 Å². The summed E-state index contributed by atoms with van der Waals surface area (Å²) in [6.45, 7) is 4.05. The van der Waals surface area contributed by atoms with Gasteiger partial charge in [-0.1, -0.05) is 13.0 Å². The molecule has 2 aliphatic rings. The number of aromatic carboxylic acids is 1. The predicted octanol–water partition coefficient (Wildman–Crippen LogP) is 2.21. The third-order valence-corrected chi connectivity index (χ3v) is 5.63. The fourth-order valence-corrected chi connectivity index (χ4v) is 4.31. The highest BCUT2D eigenvalue weighted by molar-refractivity contribution is 5.87. The van der Waals surface area contributed by atoms with Crippen LogP contribution in [0.15, 0.2) is 18.2 Å². The molecule has 4 heteroatoms. The smallest absolute Gasteiger partial charge is 0.335 e. The quantitative estimate of drug-likeness (QED) is 0.729. The molecular weight excluding hydrogens is 276 g/mol. The van der Waals surface area contributed by atoms with Crippen molar-refractivity contribution >= 4 is 5.97 Å². The molecule has 0 aromatic heterocycles. The average Bonchev–Trinajstić information content (AvgIpc) is 2.70. The van der Waals surface area contributed by atoms with Gasteiger partial charge in [0.15, 0.2) is 0 Å². The molecule has 0 spiro atoms. The molecule has 4 N–H and O–H groups in total. The van der Waals surface area contributed by atoms with Crippen LogP contribution in [-0.2, 0) is 12.8 Å². The van der Waals surface area contributed by atoms with Gasteiger partial charge in [0.2, 0.25) is 0 Å². The Morgan fingerprint density at radius 3 is 2.64 bits per heavy atom. The molecule has 1 aromatic rings. The SMILES string of the molecule is CCCNCC1(N)C2CCC1Cc1cc(C(=O)O)ccc1C2. The van der Waals surface area contributed by atoms with E-state index in [-0.39, 0.29) is 5.54 Å². The molecule has 1 fully saturated rings. The number of nitrogens with one attached hydrogen (secondary N) is 1. The molecule has 120 valence electrons. The largest absolute Gasteiger partial charge is 0.478 e. The first kappa shape index (κ1) is 15.5. The van der Waals surface area contributed by atoms with E-state index in [2.05, 4.69) is 12.2 Å². The van der Waals surface area contributed by atoms with E-state index in [1.165, 1.54) is 17.5 Å². The maximum Gasteiger partial charge on any atom is 0.335 e. The van der Waals surface area contributed by atoms with Crippen molar-refractivity contribution in [2.24, 2.45) is 17.6 Å². The zero-order valence-electron chi connectivity index (χ0n) is 13.3. The fraction of sp³-hybridized carbons (Fsp3) is 0.611. The molecule has 4 nitrogen and oxygen atoms in total. The van der Waals surface area contributed by atoms with Crippen molar-refractivity contribution < 1.29 is 9.90 Å². The molecule has 0 heterocycles. The molecule has 0 amide bonds. The molecule has 22 heavy (non-hydrogen) atoms. The summed E-state index contributed by atoms with van der Waals surface area (Å²) in [6, 6.07) is 5.59. The summed E-state index contributed by atoms with van der Waals surface area (Å²) in [5.41, 5.74) is 9.57. The number of carboxylic acid groups (broad SMARTS) is 1. The number of benzene rings is 1. The van der Waals surface area contributed by atoms with Gasteiger partial charge in [0, 0.05) is 12.1 Å². The lowest BCUT2D eigenvalue weighted by molar-refractivity contribution is 0.0696. The lowest BCUT2D eigenvalue weighted by Gasteiger charge is -2.35. The van der Waals surface area contributed by atoms with Crippen LogP contribution in [0.1, 0.15) is 47.7 Å². The van der Waals surface area contributed by atoms with Crippen molar-refractivity contribution in [2.75, 3.05) is 13.1 Å². The van der Waals surface area contributed by atoms with Crippen molar-refractivity contribution in [3.63, 3.8) is 0 Å². The van der Waals surface area contributed by atoms with Crippen LogP contribution in [0.4, 0.5) is 0 Å². The van der Waals surface area contributed by atoms with E-state index in [0.717, 1.165) is 38.8 Å². The van der Waals surface area contributed by atoms with Crippen LogP contribution in [0.3, 0.4) is 0 Å². The van der Waals surface area contributed by atoms with E-state index < -0.39 is 5.97 Å². The highest BCUT2D eigenvalue weighted by Gasteiger charge is 2.48. The Balaban J connectivity index is 1.86. The van der Waals surface area contributed by atoms with Gasteiger partial charge in [-0.2, -0.15) is 0 Å². The summed E-state index contributed by atoms with van der Waals surface area (Å²) in [6.07, 6.45) is 5.36. The molecule has 2 aliphatic carbocycles. The third-order valence-electron chi connectivity index (χ3n) is 5.63. The second kappa shape index (κ2) is 6.01. The van der Waals surface area contributed by atoms with E-state index in [0.29, 0.717) is 17.4 Å². The van der Waals surface area contributed by atoms with Crippen molar-refractivity contribution in [2.45, 2.75) is 44.6 Å². The normalized spacial score (nSPS) is 29.9. The molecule has 3 atom stereocenters. The Bertz CT molecular complexity index is 572. The van der Waals surface area contributed by atoms with Crippen LogP contribution in [0.5, 0.6) is 0 Å². The Kier molecular flexibility index (Phi) is 4.24. The van der Waals surface area contributed by atoms with Crippen LogP contribution < -0.4 is 11.1 Å². The topological polar surface area (TPSA) is 75.3 Å². The van der Waals surface area contributed by atoms with Crippen molar-refractivity contribution in [1.29, 1.82) is 0 Å². The van der Waals surface area contributed by atoms with Crippen molar-refractivity contribution in [3.05, 3.63) is 34.9 Å². The summed E-state index contributed by atoms with van der Waals surface area (Å²) >= 11 is 0. The van der Waals surface area contributed by atoms with Crippen molar-refractivity contribution in [3.8, 4) is 0 Å². The molecule has 2 bridgehead atoms. The number of carboxylic acids is 1. The van der Waals surface area contributed by atoms with Crippen LogP contribution >= 0.6 is 0 Å². The summed E-state index contributed by atoms with van der Waals surface area (Å²) in [4.78, 5) is 11.2. The fourth-order valence-electron chi connectivity index (χ4n) is 4.31. The molecule has 0 aliphatic heterocycles. The lowest BCUT2D eigenvalue weighted by Crippen LogP contribution is -2.56. The van der Waals surface area contributed by atoms with Crippen molar-refractivity contribution in [1.82, 2.24) is 5.32 Å². The first-order chi connectivity index (χ1) is 10.5. The van der Waals surface area contributed by atoms with E-state index in [1.54, 1.807) is 6.07 Å². The molecule has 0 saturated heterocycles. The molecule has 0 radical (unpaired) electrons. The highest BCUT2D eigenvalue weighted by Crippen LogP contribution is 2.45. The zero-order chi connectivity index (χ0) is 15.7. The second-order valence-corrected chi connectivity index (χ2v) is 6.96. The van der Waals surface area contributed by atoms with Gasteiger partial charge in [0.25, 0.3) is 0 Å². The minimum atomic E-state index is -0.846. The number of hydrogen-bond donors (Lipinski definition) is 3. The van der Waals surface area contributed by atoms with Gasteiger partial charge in [-0.15, -0.1) is 0 Å². The maximum atomic E-state index is 11.2. The van der Waals surface area contributed by atoms with E-state index >= 15 is 0 Å². The Hall–Kier alpha value is -1.39. The average molecular weight is 302 g/mol. The van der Waals surface area contributed by atoms with E-state index in [9.17, 15) is 9.90 Å². The van der Waals surface area contributed by atoms with Gasteiger partial charge >= 0.3 is 5.97 Å². The number of carbonyl (C=O) groups is 1. The summed E-state index contributed by atoms with van der Waals surface area (Å²) in [5, 5.41) is 12.7. The second-order valence-electron chi connectivity index (χ2n) is 6.96. The predicted molar refractivity (Wildman–Crippen MR) is 87.1 cm³/mol. The van der Waals surface area contributed by atoms with Gasteiger partial charge < -0.3 is 16.2 Å². The standard InChI is InChI=1S/C18H26N2O2/c1-2-7-20-11-18(19)15-5-6-16(18)10-14-8-13(17(21)22)4-3-12(14)9-15/h3-4,8,15-16,20H,2,5-7,9-11,19H2,1H3,(H,21,22). The molecule has 1 aromatic carbocycles. The lowest BCUT2D eigenvalue weighted by atomic mass is 9.79. The Morgan fingerprint density at radius 2 is 2.00 bits per heavy atom. The first-order valence-corrected chi connectivity index (χ1v) is 8.39. The monoisotopic (exact) mass is 302 g/mol. The van der Waals surface area contributed by atoms with Gasteiger partial charge in [0.1, 0.15) is 0 Å². The maximum absolute atomic E-state index is 11.2. The Morgan fingerprint density at radius 1 is 1.32 bits per heavy atom. The summed E-state index contributed by atoms with van der Waals surface area (Å²) in [5.74, 6) is 0.103.